The van der Waals surface area contributed by atoms with E-state index >= 15 is 0 Å². The van der Waals surface area contributed by atoms with Gasteiger partial charge in [0, 0.05) is 10.3 Å². The summed E-state index contributed by atoms with van der Waals surface area (Å²) in [5.41, 5.74) is 2.12. The smallest absolute Gasteiger partial charge is 0.154 e. The molecule has 0 saturated carbocycles. The van der Waals surface area contributed by atoms with Crippen LogP contribution in [-0.4, -0.2) is 9.90 Å². The topological polar surface area (TPSA) is 38.1 Å². The lowest BCUT2D eigenvalue weighted by Crippen LogP contribution is -2.16. The molecule has 0 fully saturated rings. The summed E-state index contributed by atoms with van der Waals surface area (Å²) in [6.45, 7) is 11.2. The fourth-order valence-corrected chi connectivity index (χ4v) is 1.58. The van der Waals surface area contributed by atoms with Crippen LogP contribution in [-0.2, 0) is 6.54 Å². The standard InChI is InChI=1S/C10H18N2OS/c1-7-8(2)12-13-9(7)6-11-14-10(3,4)5/h11H,6H2,1-5H3. The Morgan fingerprint density at radius 3 is 2.43 bits per heavy atom. The summed E-state index contributed by atoms with van der Waals surface area (Å²) < 4.78 is 8.69. The maximum absolute atomic E-state index is 5.18. The number of nitrogens with one attached hydrogen (secondary N) is 1. The van der Waals surface area contributed by atoms with Crippen LogP contribution in [0.3, 0.4) is 0 Å². The van der Waals surface area contributed by atoms with E-state index in [1.165, 1.54) is 0 Å². The van der Waals surface area contributed by atoms with Gasteiger partial charge in [0.15, 0.2) is 5.76 Å². The highest BCUT2D eigenvalue weighted by atomic mass is 32.2. The van der Waals surface area contributed by atoms with E-state index < -0.39 is 0 Å². The average Bonchev–Trinajstić information content (AvgIpc) is 2.33. The number of hydrogen-bond acceptors (Lipinski definition) is 4. The lowest BCUT2D eigenvalue weighted by Gasteiger charge is -2.16. The second-order valence-electron chi connectivity index (χ2n) is 4.35. The molecule has 0 spiro atoms. The SMILES string of the molecule is Cc1noc(CNSC(C)(C)C)c1C. The number of nitrogens with zero attached hydrogens (tertiary/aromatic N) is 1. The minimum atomic E-state index is 0.225. The van der Waals surface area contributed by atoms with E-state index in [-0.39, 0.29) is 4.75 Å². The number of hydrogen-bond donors (Lipinski definition) is 1. The molecular formula is C10H18N2OS. The molecule has 1 rings (SSSR count). The molecule has 14 heavy (non-hydrogen) atoms. The summed E-state index contributed by atoms with van der Waals surface area (Å²) in [6, 6.07) is 0. The van der Waals surface area contributed by atoms with Gasteiger partial charge in [0.25, 0.3) is 0 Å². The van der Waals surface area contributed by atoms with Gasteiger partial charge in [0.2, 0.25) is 0 Å². The van der Waals surface area contributed by atoms with Crippen LogP contribution in [0, 0.1) is 13.8 Å². The van der Waals surface area contributed by atoms with E-state index in [1.54, 1.807) is 11.9 Å². The Morgan fingerprint density at radius 1 is 1.36 bits per heavy atom. The highest BCUT2D eigenvalue weighted by molar-refractivity contribution is 7.98. The molecule has 0 aromatic carbocycles. The number of aromatic nitrogens is 1. The summed E-state index contributed by atoms with van der Waals surface area (Å²) in [5.74, 6) is 0.930. The maximum atomic E-state index is 5.18. The summed E-state index contributed by atoms with van der Waals surface area (Å²) in [6.07, 6.45) is 0. The molecule has 80 valence electrons. The zero-order valence-electron chi connectivity index (χ0n) is 9.47. The van der Waals surface area contributed by atoms with Gasteiger partial charge in [-0.1, -0.05) is 17.1 Å². The fraction of sp³-hybridized carbons (Fsp3) is 0.700. The first kappa shape index (κ1) is 11.6. The van der Waals surface area contributed by atoms with Crippen molar-refractivity contribution in [3.05, 3.63) is 17.0 Å². The Kier molecular flexibility index (Phi) is 3.61. The molecule has 0 atom stereocenters. The van der Waals surface area contributed by atoms with Crippen molar-refractivity contribution < 1.29 is 4.52 Å². The molecule has 1 aromatic rings. The van der Waals surface area contributed by atoms with E-state index in [1.807, 2.05) is 13.8 Å². The Balaban J connectivity index is 2.43. The normalized spacial score (nSPS) is 12.1. The lowest BCUT2D eigenvalue weighted by molar-refractivity contribution is 0.377. The molecule has 1 aromatic heterocycles. The van der Waals surface area contributed by atoms with Gasteiger partial charge in [0.05, 0.1) is 12.2 Å². The first-order chi connectivity index (χ1) is 6.40. The third-order valence-corrected chi connectivity index (χ3v) is 2.77. The largest absolute Gasteiger partial charge is 0.359 e. The monoisotopic (exact) mass is 214 g/mol. The molecule has 0 unspecified atom stereocenters. The van der Waals surface area contributed by atoms with Gasteiger partial charge in [-0.2, -0.15) is 0 Å². The second-order valence-corrected chi connectivity index (χ2v) is 6.07. The van der Waals surface area contributed by atoms with Crippen LogP contribution < -0.4 is 4.72 Å². The van der Waals surface area contributed by atoms with Crippen LogP contribution in [0.1, 0.15) is 37.8 Å². The highest BCUT2D eigenvalue weighted by Crippen LogP contribution is 2.20. The molecule has 0 bridgehead atoms. The van der Waals surface area contributed by atoms with Crippen LogP contribution in [0.2, 0.25) is 0 Å². The highest BCUT2D eigenvalue weighted by Gasteiger charge is 2.12. The summed E-state index contributed by atoms with van der Waals surface area (Å²) >= 11 is 1.71. The van der Waals surface area contributed by atoms with Crippen molar-refractivity contribution in [1.29, 1.82) is 0 Å². The zero-order valence-corrected chi connectivity index (χ0v) is 10.3. The molecule has 0 radical (unpaired) electrons. The van der Waals surface area contributed by atoms with Gasteiger partial charge in [-0.05, 0) is 34.6 Å². The van der Waals surface area contributed by atoms with Crippen LogP contribution in [0.15, 0.2) is 4.52 Å². The van der Waals surface area contributed by atoms with E-state index in [0.29, 0.717) is 0 Å². The van der Waals surface area contributed by atoms with E-state index in [9.17, 15) is 0 Å². The Labute approximate surface area is 89.8 Å². The fourth-order valence-electron chi connectivity index (χ4n) is 0.945. The number of rotatable bonds is 3. The quantitative estimate of drug-likeness (QED) is 0.785. The number of aryl methyl sites for hydroxylation is 1. The summed E-state index contributed by atoms with van der Waals surface area (Å²) in [5, 5.41) is 3.91. The minimum absolute atomic E-state index is 0.225. The van der Waals surface area contributed by atoms with E-state index in [2.05, 4.69) is 30.6 Å². The minimum Gasteiger partial charge on any atom is -0.359 e. The summed E-state index contributed by atoms with van der Waals surface area (Å²) in [4.78, 5) is 0. The van der Waals surface area contributed by atoms with Crippen molar-refractivity contribution in [2.75, 3.05) is 0 Å². The van der Waals surface area contributed by atoms with Gasteiger partial charge in [-0.15, -0.1) is 0 Å². The van der Waals surface area contributed by atoms with E-state index in [0.717, 1.165) is 23.6 Å². The lowest BCUT2D eigenvalue weighted by atomic mass is 10.2. The Bertz CT molecular complexity index is 302. The predicted molar refractivity (Wildman–Crippen MR) is 60.2 cm³/mol. The van der Waals surface area contributed by atoms with Crippen molar-refractivity contribution in [1.82, 2.24) is 9.88 Å². The Hall–Kier alpha value is -0.480. The molecule has 3 nitrogen and oxygen atoms in total. The third-order valence-electron chi connectivity index (χ3n) is 1.86. The first-order valence-corrected chi connectivity index (χ1v) is 5.54. The first-order valence-electron chi connectivity index (χ1n) is 4.73. The van der Waals surface area contributed by atoms with Gasteiger partial charge in [0.1, 0.15) is 0 Å². The third kappa shape index (κ3) is 3.35. The average molecular weight is 214 g/mol. The second kappa shape index (κ2) is 4.36. The zero-order chi connectivity index (χ0) is 10.8. The summed E-state index contributed by atoms with van der Waals surface area (Å²) in [7, 11) is 0. The van der Waals surface area contributed by atoms with Crippen molar-refractivity contribution in [2.45, 2.75) is 45.9 Å². The Morgan fingerprint density at radius 2 is 2.00 bits per heavy atom. The molecule has 1 N–H and O–H groups in total. The van der Waals surface area contributed by atoms with Gasteiger partial charge < -0.3 is 4.52 Å². The van der Waals surface area contributed by atoms with Crippen LogP contribution in [0.25, 0.3) is 0 Å². The molecule has 0 aliphatic rings. The molecule has 4 heteroatoms. The van der Waals surface area contributed by atoms with Crippen molar-refractivity contribution in [3.63, 3.8) is 0 Å². The van der Waals surface area contributed by atoms with E-state index in [4.69, 9.17) is 4.52 Å². The van der Waals surface area contributed by atoms with Crippen molar-refractivity contribution >= 4 is 11.9 Å². The van der Waals surface area contributed by atoms with Crippen LogP contribution in [0.4, 0.5) is 0 Å². The molecule has 1 heterocycles. The van der Waals surface area contributed by atoms with Crippen molar-refractivity contribution in [3.8, 4) is 0 Å². The molecule has 0 aliphatic carbocycles. The van der Waals surface area contributed by atoms with Crippen LogP contribution >= 0.6 is 11.9 Å². The maximum Gasteiger partial charge on any atom is 0.154 e. The molecule has 0 aliphatic heterocycles. The molecule has 0 saturated heterocycles. The van der Waals surface area contributed by atoms with Crippen molar-refractivity contribution in [2.24, 2.45) is 0 Å². The predicted octanol–water partition coefficient (Wildman–Crippen LogP) is 2.83. The molecular weight excluding hydrogens is 196 g/mol. The molecule has 0 amide bonds. The van der Waals surface area contributed by atoms with Gasteiger partial charge in [-0.25, -0.2) is 0 Å². The van der Waals surface area contributed by atoms with Gasteiger partial charge >= 0.3 is 0 Å². The van der Waals surface area contributed by atoms with Gasteiger partial charge in [-0.3, -0.25) is 4.72 Å². The van der Waals surface area contributed by atoms with Crippen LogP contribution in [0.5, 0.6) is 0 Å².